The summed E-state index contributed by atoms with van der Waals surface area (Å²) in [6.45, 7) is 1.68. The number of carbonyl (C=O) groups excluding carboxylic acids is 1. The van der Waals surface area contributed by atoms with Gasteiger partial charge in [0.1, 0.15) is 0 Å². The van der Waals surface area contributed by atoms with Gasteiger partial charge in [-0.3, -0.25) is 29.6 Å². The number of nitrogens with zero attached hydrogens (tertiary/aromatic N) is 5. The topological polar surface area (TPSA) is 146 Å². The van der Waals surface area contributed by atoms with E-state index in [0.717, 1.165) is 5.69 Å². The largest absolute Gasteiger partial charge is 0.325 e. The Hall–Kier alpha value is -4.58. The lowest BCUT2D eigenvalue weighted by molar-refractivity contribution is -0.385. The van der Waals surface area contributed by atoms with E-state index in [-0.39, 0.29) is 23.0 Å². The van der Waals surface area contributed by atoms with Crippen LogP contribution in [0.5, 0.6) is 0 Å². The molecule has 0 spiro atoms. The number of aryl methyl sites for hydroxylation is 1. The third kappa shape index (κ3) is 5.33. The number of nitrogens with one attached hydrogen (secondary N) is 1. The first-order chi connectivity index (χ1) is 16.8. The van der Waals surface area contributed by atoms with E-state index in [1.54, 1.807) is 23.6 Å². The van der Waals surface area contributed by atoms with E-state index in [1.165, 1.54) is 42.1 Å². The number of anilines is 1. The molecular formula is C23H18N6O5S. The summed E-state index contributed by atoms with van der Waals surface area (Å²) in [5.74, 6) is 0.174. The first-order valence-corrected chi connectivity index (χ1v) is 11.3. The van der Waals surface area contributed by atoms with Crippen LogP contribution < -0.4 is 5.32 Å². The van der Waals surface area contributed by atoms with Gasteiger partial charge in [-0.2, -0.15) is 0 Å². The molecule has 0 saturated heterocycles. The maximum atomic E-state index is 12.6. The predicted octanol–water partition coefficient (Wildman–Crippen LogP) is 4.79. The Bertz CT molecular complexity index is 1410. The molecule has 0 radical (unpaired) electrons. The number of nitro benzene ring substituents is 2. The van der Waals surface area contributed by atoms with Crippen molar-refractivity contribution in [2.75, 3.05) is 11.1 Å². The highest BCUT2D eigenvalue weighted by atomic mass is 32.2. The number of rotatable bonds is 8. The molecule has 3 aromatic carbocycles. The third-order valence-corrected chi connectivity index (χ3v) is 5.94. The molecule has 0 aliphatic rings. The second-order valence-electron chi connectivity index (χ2n) is 7.37. The van der Waals surface area contributed by atoms with Crippen molar-refractivity contribution in [2.45, 2.75) is 12.1 Å². The van der Waals surface area contributed by atoms with Crippen molar-refractivity contribution in [3.8, 4) is 17.1 Å². The molecule has 11 nitrogen and oxygen atoms in total. The molecule has 0 bridgehead atoms. The van der Waals surface area contributed by atoms with Gasteiger partial charge in [0.2, 0.25) is 5.91 Å². The van der Waals surface area contributed by atoms with Gasteiger partial charge in [0.05, 0.1) is 15.6 Å². The van der Waals surface area contributed by atoms with Gasteiger partial charge in [-0.1, -0.05) is 30.0 Å². The monoisotopic (exact) mass is 490 g/mol. The van der Waals surface area contributed by atoms with Crippen LogP contribution in [0.15, 0.2) is 78.0 Å². The molecule has 4 rings (SSSR count). The standard InChI is InChI=1S/C23H18N6O5S/c1-15-13-19(29(33)34)11-12-20(15)24-21(30)14-35-23-26-25-22(27(23)17-5-3-2-4-6-17)16-7-9-18(10-8-16)28(31)32/h2-13H,14H2,1H3,(H,24,30). The van der Waals surface area contributed by atoms with Crippen molar-refractivity contribution in [2.24, 2.45) is 0 Å². The maximum Gasteiger partial charge on any atom is 0.269 e. The Morgan fingerprint density at radius 1 is 0.943 bits per heavy atom. The summed E-state index contributed by atoms with van der Waals surface area (Å²) in [4.78, 5) is 33.5. The van der Waals surface area contributed by atoms with E-state index in [4.69, 9.17) is 0 Å². The highest BCUT2D eigenvalue weighted by molar-refractivity contribution is 7.99. The summed E-state index contributed by atoms with van der Waals surface area (Å²) in [6.07, 6.45) is 0. The van der Waals surface area contributed by atoms with E-state index in [1.807, 2.05) is 30.3 Å². The minimum atomic E-state index is -0.493. The maximum absolute atomic E-state index is 12.6. The minimum Gasteiger partial charge on any atom is -0.325 e. The zero-order valence-corrected chi connectivity index (χ0v) is 19.1. The van der Waals surface area contributed by atoms with Crippen molar-refractivity contribution in [3.05, 3.63) is 98.6 Å². The van der Waals surface area contributed by atoms with Crippen molar-refractivity contribution < 1.29 is 14.6 Å². The van der Waals surface area contributed by atoms with Crippen LogP contribution in [-0.4, -0.2) is 36.3 Å². The van der Waals surface area contributed by atoms with Crippen molar-refractivity contribution in [3.63, 3.8) is 0 Å². The Balaban J connectivity index is 1.56. The Kier molecular flexibility index (Phi) is 6.83. The van der Waals surface area contributed by atoms with E-state index in [2.05, 4.69) is 15.5 Å². The van der Waals surface area contributed by atoms with Crippen molar-refractivity contribution in [1.82, 2.24) is 14.8 Å². The first kappa shape index (κ1) is 23.6. The number of hydrogen-bond donors (Lipinski definition) is 1. The van der Waals surface area contributed by atoms with Gasteiger partial charge < -0.3 is 5.32 Å². The number of benzene rings is 3. The molecule has 0 aliphatic heterocycles. The third-order valence-electron chi connectivity index (χ3n) is 5.01. The normalized spacial score (nSPS) is 10.7. The van der Waals surface area contributed by atoms with E-state index < -0.39 is 9.85 Å². The molecule has 1 heterocycles. The molecular weight excluding hydrogens is 472 g/mol. The van der Waals surface area contributed by atoms with Crippen LogP contribution in [-0.2, 0) is 4.79 Å². The van der Waals surface area contributed by atoms with Gasteiger partial charge in [0.15, 0.2) is 11.0 Å². The van der Waals surface area contributed by atoms with E-state index >= 15 is 0 Å². The van der Waals surface area contributed by atoms with Crippen LogP contribution in [0, 0.1) is 27.2 Å². The summed E-state index contributed by atoms with van der Waals surface area (Å²) < 4.78 is 1.77. The molecule has 35 heavy (non-hydrogen) atoms. The molecule has 0 atom stereocenters. The Morgan fingerprint density at radius 2 is 1.60 bits per heavy atom. The van der Waals surface area contributed by atoms with Gasteiger partial charge in [-0.15, -0.1) is 10.2 Å². The highest BCUT2D eigenvalue weighted by Gasteiger charge is 2.18. The van der Waals surface area contributed by atoms with Crippen LogP contribution in [0.3, 0.4) is 0 Å². The summed E-state index contributed by atoms with van der Waals surface area (Å²) >= 11 is 1.17. The lowest BCUT2D eigenvalue weighted by atomic mass is 10.2. The first-order valence-electron chi connectivity index (χ1n) is 10.3. The van der Waals surface area contributed by atoms with Crippen LogP contribution in [0.1, 0.15) is 5.56 Å². The molecule has 4 aromatic rings. The summed E-state index contributed by atoms with van der Waals surface area (Å²) in [6, 6.07) is 19.5. The minimum absolute atomic E-state index is 0.0155. The molecule has 0 fully saturated rings. The number of amides is 1. The number of para-hydroxylation sites is 1. The molecule has 1 N–H and O–H groups in total. The number of aromatic nitrogens is 3. The van der Waals surface area contributed by atoms with Crippen molar-refractivity contribution in [1.29, 1.82) is 0 Å². The van der Waals surface area contributed by atoms with Gasteiger partial charge >= 0.3 is 0 Å². The summed E-state index contributed by atoms with van der Waals surface area (Å²) in [7, 11) is 0. The molecule has 1 amide bonds. The number of hydrogen-bond acceptors (Lipinski definition) is 8. The van der Waals surface area contributed by atoms with Crippen molar-refractivity contribution >= 4 is 34.7 Å². The molecule has 176 valence electrons. The quantitative estimate of drug-likeness (QED) is 0.211. The highest BCUT2D eigenvalue weighted by Crippen LogP contribution is 2.29. The van der Waals surface area contributed by atoms with Gasteiger partial charge in [-0.05, 0) is 42.8 Å². The Morgan fingerprint density at radius 3 is 2.23 bits per heavy atom. The zero-order chi connectivity index (χ0) is 24.9. The van der Waals surface area contributed by atoms with Gasteiger partial charge in [0.25, 0.3) is 11.4 Å². The molecule has 12 heteroatoms. The fourth-order valence-corrected chi connectivity index (χ4v) is 4.06. The second kappa shape index (κ2) is 10.1. The predicted molar refractivity (Wildman–Crippen MR) is 131 cm³/mol. The smallest absolute Gasteiger partial charge is 0.269 e. The fourth-order valence-electron chi connectivity index (χ4n) is 3.31. The average molecular weight is 491 g/mol. The summed E-state index contributed by atoms with van der Waals surface area (Å²) in [5, 5.41) is 33.6. The number of carbonyl (C=O) groups is 1. The average Bonchev–Trinajstić information content (AvgIpc) is 3.28. The van der Waals surface area contributed by atoms with Crippen LogP contribution in [0.4, 0.5) is 17.1 Å². The number of non-ortho nitro benzene ring substituents is 2. The van der Waals surface area contributed by atoms with E-state index in [9.17, 15) is 25.0 Å². The van der Waals surface area contributed by atoms with Crippen LogP contribution >= 0.6 is 11.8 Å². The van der Waals surface area contributed by atoms with Crippen LogP contribution in [0.2, 0.25) is 0 Å². The lowest BCUT2D eigenvalue weighted by Gasteiger charge is -2.11. The van der Waals surface area contributed by atoms with E-state index in [0.29, 0.717) is 27.8 Å². The van der Waals surface area contributed by atoms with Gasteiger partial charge in [0, 0.05) is 41.2 Å². The Labute approximate surface area is 203 Å². The molecule has 0 aliphatic carbocycles. The van der Waals surface area contributed by atoms with Crippen LogP contribution in [0.25, 0.3) is 17.1 Å². The van der Waals surface area contributed by atoms with Gasteiger partial charge in [-0.25, -0.2) is 0 Å². The molecule has 1 aromatic heterocycles. The second-order valence-corrected chi connectivity index (χ2v) is 8.32. The molecule has 0 saturated carbocycles. The molecule has 0 unspecified atom stereocenters. The zero-order valence-electron chi connectivity index (χ0n) is 18.3. The SMILES string of the molecule is Cc1cc([N+](=O)[O-])ccc1NC(=O)CSc1nnc(-c2ccc([N+](=O)[O-])cc2)n1-c1ccccc1. The number of nitro groups is 2. The summed E-state index contributed by atoms with van der Waals surface area (Å²) in [5.41, 5.74) is 2.37. The number of thioether (sulfide) groups is 1. The fraction of sp³-hybridized carbons (Fsp3) is 0.0870. The lowest BCUT2D eigenvalue weighted by Crippen LogP contribution is -2.15.